The first-order valence-electron chi connectivity index (χ1n) is 6.52. The molecule has 2 N–H and O–H groups in total. The standard InChI is InChI=1S/C12H20N4O5/c1-8(12(19)20)7-10(17)9(2)15-11(18)3-5-21-6-4-14-16-13/h8-9H,3-7H2,1-2H3,(H,15,18)(H,19,20)/t8-,9+/m1/s1. The first kappa shape index (κ1) is 18.9. The number of rotatable bonds is 11. The molecule has 0 unspecified atom stereocenters. The minimum Gasteiger partial charge on any atom is -0.481 e. The number of nitrogens with one attached hydrogen (secondary N) is 1. The Morgan fingerprint density at radius 1 is 1.33 bits per heavy atom. The van der Waals surface area contributed by atoms with E-state index in [4.69, 9.17) is 15.4 Å². The predicted molar refractivity (Wildman–Crippen MR) is 73.5 cm³/mol. The number of carboxylic acid groups (broad SMARTS) is 1. The van der Waals surface area contributed by atoms with E-state index in [0.717, 1.165) is 0 Å². The van der Waals surface area contributed by atoms with Crippen LogP contribution in [-0.4, -0.2) is 48.6 Å². The number of aliphatic carboxylic acids is 1. The minimum absolute atomic E-state index is 0.0718. The first-order chi connectivity index (χ1) is 9.88. The van der Waals surface area contributed by atoms with Gasteiger partial charge in [0.2, 0.25) is 5.91 Å². The maximum absolute atomic E-state index is 11.7. The molecule has 9 heteroatoms. The van der Waals surface area contributed by atoms with E-state index in [-0.39, 0.29) is 44.3 Å². The van der Waals surface area contributed by atoms with Crippen molar-refractivity contribution in [1.82, 2.24) is 5.32 Å². The van der Waals surface area contributed by atoms with E-state index in [0.29, 0.717) is 0 Å². The van der Waals surface area contributed by atoms with E-state index in [1.165, 1.54) is 13.8 Å². The second-order valence-corrected chi connectivity index (χ2v) is 4.52. The van der Waals surface area contributed by atoms with Crippen LogP contribution in [0.1, 0.15) is 26.7 Å². The molecule has 0 radical (unpaired) electrons. The third-order valence-corrected chi connectivity index (χ3v) is 2.66. The fourth-order valence-electron chi connectivity index (χ4n) is 1.38. The molecule has 0 saturated carbocycles. The normalized spacial score (nSPS) is 12.9. The van der Waals surface area contributed by atoms with Gasteiger partial charge < -0.3 is 15.2 Å². The summed E-state index contributed by atoms with van der Waals surface area (Å²) >= 11 is 0. The lowest BCUT2D eigenvalue weighted by Crippen LogP contribution is -2.39. The molecule has 0 aliphatic carbocycles. The van der Waals surface area contributed by atoms with Gasteiger partial charge in [-0.1, -0.05) is 12.0 Å². The van der Waals surface area contributed by atoms with E-state index in [9.17, 15) is 14.4 Å². The lowest BCUT2D eigenvalue weighted by atomic mass is 10.0. The number of amides is 1. The van der Waals surface area contributed by atoms with Gasteiger partial charge in [0.25, 0.3) is 0 Å². The van der Waals surface area contributed by atoms with E-state index in [1.54, 1.807) is 0 Å². The number of carbonyl (C=O) groups excluding carboxylic acids is 2. The molecule has 9 nitrogen and oxygen atoms in total. The lowest BCUT2D eigenvalue weighted by Gasteiger charge is -2.14. The Morgan fingerprint density at radius 2 is 2.00 bits per heavy atom. The van der Waals surface area contributed by atoms with Crippen LogP contribution in [0, 0.1) is 5.92 Å². The average Bonchev–Trinajstić information content (AvgIpc) is 2.42. The molecule has 0 aliphatic rings. The third kappa shape index (κ3) is 9.42. The second kappa shape index (κ2) is 10.6. The van der Waals surface area contributed by atoms with Crippen molar-refractivity contribution in [2.24, 2.45) is 11.0 Å². The van der Waals surface area contributed by atoms with Crippen molar-refractivity contribution in [2.45, 2.75) is 32.7 Å². The van der Waals surface area contributed by atoms with Crippen LogP contribution in [0.15, 0.2) is 5.11 Å². The molecule has 0 bridgehead atoms. The van der Waals surface area contributed by atoms with Gasteiger partial charge in [0.1, 0.15) is 0 Å². The van der Waals surface area contributed by atoms with Crippen LogP contribution in [0.4, 0.5) is 0 Å². The molecule has 0 aromatic carbocycles. The minimum atomic E-state index is -1.05. The summed E-state index contributed by atoms with van der Waals surface area (Å²) in [7, 11) is 0. The fraction of sp³-hybridized carbons (Fsp3) is 0.750. The van der Waals surface area contributed by atoms with Crippen molar-refractivity contribution in [3.05, 3.63) is 10.4 Å². The molecule has 0 saturated heterocycles. The van der Waals surface area contributed by atoms with Crippen LogP contribution in [-0.2, 0) is 19.1 Å². The Kier molecular flexibility index (Phi) is 9.57. The van der Waals surface area contributed by atoms with Gasteiger partial charge in [-0.3, -0.25) is 14.4 Å². The number of hydrogen-bond donors (Lipinski definition) is 2. The first-order valence-corrected chi connectivity index (χ1v) is 6.52. The highest BCUT2D eigenvalue weighted by Crippen LogP contribution is 2.05. The van der Waals surface area contributed by atoms with Gasteiger partial charge in [0.05, 0.1) is 25.2 Å². The van der Waals surface area contributed by atoms with E-state index < -0.39 is 17.9 Å². The Morgan fingerprint density at radius 3 is 2.57 bits per heavy atom. The molecular weight excluding hydrogens is 280 g/mol. The highest BCUT2D eigenvalue weighted by molar-refractivity contribution is 5.90. The van der Waals surface area contributed by atoms with Gasteiger partial charge >= 0.3 is 5.97 Å². The molecule has 0 heterocycles. The highest BCUT2D eigenvalue weighted by atomic mass is 16.5. The molecule has 0 aliphatic heterocycles. The van der Waals surface area contributed by atoms with Gasteiger partial charge in [-0.05, 0) is 12.5 Å². The zero-order chi connectivity index (χ0) is 16.3. The largest absolute Gasteiger partial charge is 0.481 e. The van der Waals surface area contributed by atoms with Gasteiger partial charge in [0, 0.05) is 24.3 Å². The van der Waals surface area contributed by atoms with Gasteiger partial charge in [-0.2, -0.15) is 0 Å². The topological polar surface area (TPSA) is 141 Å². The molecule has 118 valence electrons. The van der Waals surface area contributed by atoms with Crippen LogP contribution in [0.5, 0.6) is 0 Å². The molecule has 1 amide bonds. The second-order valence-electron chi connectivity index (χ2n) is 4.52. The van der Waals surface area contributed by atoms with Crippen LogP contribution < -0.4 is 5.32 Å². The zero-order valence-corrected chi connectivity index (χ0v) is 12.1. The Bertz CT molecular complexity index is 420. The van der Waals surface area contributed by atoms with Gasteiger partial charge in [0.15, 0.2) is 5.78 Å². The summed E-state index contributed by atoms with van der Waals surface area (Å²) in [6.45, 7) is 3.52. The molecule has 0 aromatic rings. The quantitative estimate of drug-likeness (QED) is 0.252. The summed E-state index contributed by atoms with van der Waals surface area (Å²) < 4.78 is 5.06. The van der Waals surface area contributed by atoms with Gasteiger partial charge in [-0.25, -0.2) is 0 Å². The number of ether oxygens (including phenoxy) is 1. The summed E-state index contributed by atoms with van der Waals surface area (Å²) in [4.78, 5) is 36.4. The SMILES string of the molecule is C[C@H](CC(=O)[C@H](C)NC(=O)CCOCCN=[N+]=[N-])C(=O)O. The number of nitrogens with zero attached hydrogens (tertiary/aromatic N) is 3. The Balaban J connectivity index is 3.90. The molecular formula is C12H20N4O5. The smallest absolute Gasteiger partial charge is 0.306 e. The molecule has 2 atom stereocenters. The van der Waals surface area contributed by atoms with Crippen LogP contribution in [0.3, 0.4) is 0 Å². The van der Waals surface area contributed by atoms with Crippen LogP contribution in [0.2, 0.25) is 0 Å². The summed E-state index contributed by atoms with van der Waals surface area (Å²) in [5.74, 6) is -2.51. The maximum Gasteiger partial charge on any atom is 0.306 e. The van der Waals surface area contributed by atoms with Crippen molar-refractivity contribution in [1.29, 1.82) is 0 Å². The number of ketones is 1. The number of carboxylic acids is 1. The van der Waals surface area contributed by atoms with Crippen molar-refractivity contribution in [2.75, 3.05) is 19.8 Å². The van der Waals surface area contributed by atoms with Gasteiger partial charge in [-0.15, -0.1) is 0 Å². The lowest BCUT2D eigenvalue weighted by molar-refractivity contribution is -0.143. The van der Waals surface area contributed by atoms with E-state index in [1.807, 2.05) is 0 Å². The van der Waals surface area contributed by atoms with Crippen molar-refractivity contribution >= 4 is 17.7 Å². The third-order valence-electron chi connectivity index (χ3n) is 2.66. The van der Waals surface area contributed by atoms with E-state index >= 15 is 0 Å². The van der Waals surface area contributed by atoms with Crippen LogP contribution >= 0.6 is 0 Å². The molecule has 0 fully saturated rings. The van der Waals surface area contributed by atoms with Crippen molar-refractivity contribution in [3.63, 3.8) is 0 Å². The number of carbonyl (C=O) groups is 3. The Labute approximate surface area is 122 Å². The summed E-state index contributed by atoms with van der Waals surface area (Å²) in [6, 6.07) is -0.734. The van der Waals surface area contributed by atoms with E-state index in [2.05, 4.69) is 15.3 Å². The van der Waals surface area contributed by atoms with Crippen molar-refractivity contribution in [3.8, 4) is 0 Å². The zero-order valence-electron chi connectivity index (χ0n) is 12.1. The molecule has 0 aromatic heterocycles. The predicted octanol–water partition coefficient (Wildman–Crippen LogP) is 0.888. The molecule has 21 heavy (non-hydrogen) atoms. The summed E-state index contributed by atoms with van der Waals surface area (Å²) in [6.07, 6.45) is -0.0538. The number of hydrogen-bond acceptors (Lipinski definition) is 5. The van der Waals surface area contributed by atoms with Crippen LogP contribution in [0.25, 0.3) is 10.4 Å². The monoisotopic (exact) mass is 300 g/mol. The molecule has 0 spiro atoms. The number of Topliss-reactive ketones (excluding diaryl/α,β-unsaturated/α-hetero) is 1. The number of azide groups is 1. The Hall–Kier alpha value is -2.12. The average molecular weight is 300 g/mol. The fourth-order valence-corrected chi connectivity index (χ4v) is 1.38. The molecule has 0 rings (SSSR count). The summed E-state index contributed by atoms with van der Waals surface area (Å²) in [5.41, 5.74) is 8.03. The highest BCUT2D eigenvalue weighted by Gasteiger charge is 2.21. The maximum atomic E-state index is 11.7. The summed E-state index contributed by atoms with van der Waals surface area (Å²) in [5, 5.41) is 14.5. The van der Waals surface area contributed by atoms with Crippen molar-refractivity contribution < 1.29 is 24.2 Å².